The third kappa shape index (κ3) is 9.25. The van der Waals surface area contributed by atoms with Gasteiger partial charge in [0.05, 0.1) is 12.2 Å². The lowest BCUT2D eigenvalue weighted by Gasteiger charge is -2.19. The second-order valence-electron chi connectivity index (χ2n) is 6.85. The Morgan fingerprint density at radius 2 is 1.88 bits per heavy atom. The van der Waals surface area contributed by atoms with Crippen LogP contribution in [0.4, 0.5) is 0 Å². The van der Waals surface area contributed by atoms with Crippen molar-refractivity contribution in [3.63, 3.8) is 0 Å². The highest BCUT2D eigenvalue weighted by atomic mass is 79.9. The standard InChI is InChI=1S/C18H32BrN3OSi/c1-8-16(21-9-2)17(18(20)22(3)4)15(19)11-10-12-23-13-14-24(5,6)7/h8-9,11,20-21H,1-2,10,12-14H2,3-7H3/b15-11+,17-16?,20-18?. The molecule has 0 radical (unpaired) electrons. The van der Waals surface area contributed by atoms with Crippen LogP contribution in [-0.4, -0.2) is 46.1 Å². The van der Waals surface area contributed by atoms with E-state index in [0.29, 0.717) is 12.4 Å². The first-order chi connectivity index (χ1) is 11.1. The van der Waals surface area contributed by atoms with E-state index in [1.54, 1.807) is 17.2 Å². The van der Waals surface area contributed by atoms with Crippen LogP contribution in [0.25, 0.3) is 0 Å². The summed E-state index contributed by atoms with van der Waals surface area (Å²) < 4.78 is 6.57. The third-order valence-corrected chi connectivity index (χ3v) is 5.66. The van der Waals surface area contributed by atoms with E-state index in [9.17, 15) is 0 Å². The molecule has 0 unspecified atom stereocenters. The number of nitrogens with one attached hydrogen (secondary N) is 2. The van der Waals surface area contributed by atoms with Gasteiger partial charge in [0.25, 0.3) is 0 Å². The quantitative estimate of drug-likeness (QED) is 0.169. The lowest BCUT2D eigenvalue weighted by molar-refractivity contribution is 0.151. The van der Waals surface area contributed by atoms with Crippen LogP contribution in [0.15, 0.2) is 47.3 Å². The van der Waals surface area contributed by atoms with Gasteiger partial charge in [0, 0.05) is 39.0 Å². The zero-order valence-electron chi connectivity index (χ0n) is 15.7. The molecule has 0 aliphatic carbocycles. The molecule has 136 valence electrons. The van der Waals surface area contributed by atoms with Gasteiger partial charge in [-0.25, -0.2) is 0 Å². The normalized spacial score (nSPS) is 13.2. The number of hydrogen-bond donors (Lipinski definition) is 2. The molecule has 6 heteroatoms. The van der Waals surface area contributed by atoms with Crippen LogP contribution in [0, 0.1) is 5.41 Å². The highest BCUT2D eigenvalue weighted by molar-refractivity contribution is 9.12. The predicted octanol–water partition coefficient (Wildman–Crippen LogP) is 4.72. The maximum absolute atomic E-state index is 8.31. The Bertz CT molecular complexity index is 505. The number of amidine groups is 1. The van der Waals surface area contributed by atoms with Gasteiger partial charge in [-0.15, -0.1) is 0 Å². The first kappa shape index (κ1) is 22.9. The van der Waals surface area contributed by atoms with Crippen LogP contribution >= 0.6 is 15.9 Å². The van der Waals surface area contributed by atoms with E-state index in [1.165, 1.54) is 6.04 Å². The van der Waals surface area contributed by atoms with Crippen LogP contribution in [-0.2, 0) is 4.74 Å². The van der Waals surface area contributed by atoms with Crippen molar-refractivity contribution >= 4 is 29.8 Å². The van der Waals surface area contributed by atoms with Gasteiger partial charge in [-0.1, -0.05) is 54.8 Å². The first-order valence-corrected chi connectivity index (χ1v) is 12.6. The fraction of sp³-hybridized carbons (Fsp3) is 0.500. The van der Waals surface area contributed by atoms with Crippen LogP contribution in [0.3, 0.4) is 0 Å². The van der Waals surface area contributed by atoms with Crippen molar-refractivity contribution in [2.45, 2.75) is 32.1 Å². The Morgan fingerprint density at radius 1 is 1.25 bits per heavy atom. The molecule has 0 saturated carbocycles. The molecule has 24 heavy (non-hydrogen) atoms. The molecule has 0 fully saturated rings. The van der Waals surface area contributed by atoms with E-state index in [0.717, 1.165) is 28.8 Å². The largest absolute Gasteiger partial charge is 0.381 e. The molecule has 0 aliphatic rings. The zero-order chi connectivity index (χ0) is 18.8. The molecule has 0 amide bonds. The molecule has 0 aromatic rings. The SMILES string of the molecule is C=CNC(C=C)=C(C(=N)N(C)C)/C(Br)=C\CCOCC[Si](C)(C)C. The van der Waals surface area contributed by atoms with E-state index in [1.807, 2.05) is 20.2 Å². The molecule has 0 bridgehead atoms. The van der Waals surface area contributed by atoms with Crippen LogP contribution < -0.4 is 5.32 Å². The van der Waals surface area contributed by atoms with Crippen molar-refractivity contribution in [3.8, 4) is 0 Å². The van der Waals surface area contributed by atoms with Crippen LogP contribution in [0.2, 0.25) is 25.7 Å². The van der Waals surface area contributed by atoms with Crippen LogP contribution in [0.5, 0.6) is 0 Å². The summed E-state index contributed by atoms with van der Waals surface area (Å²) in [5.74, 6) is 0.391. The average Bonchev–Trinajstić information content (AvgIpc) is 2.48. The smallest absolute Gasteiger partial charge is 0.130 e. The number of allylic oxidation sites excluding steroid dienone is 1. The summed E-state index contributed by atoms with van der Waals surface area (Å²) in [5, 5.41) is 11.3. The summed E-state index contributed by atoms with van der Waals surface area (Å²) in [6.07, 6.45) is 6.10. The van der Waals surface area contributed by atoms with Gasteiger partial charge in [-0.05, 0) is 24.7 Å². The Hall–Kier alpha value is -1.11. The lowest BCUT2D eigenvalue weighted by Crippen LogP contribution is -2.25. The Labute approximate surface area is 157 Å². The van der Waals surface area contributed by atoms with Crippen molar-refractivity contribution in [2.75, 3.05) is 27.3 Å². The van der Waals surface area contributed by atoms with Gasteiger partial charge in [-0.2, -0.15) is 0 Å². The van der Waals surface area contributed by atoms with Gasteiger partial charge in [-0.3, -0.25) is 5.41 Å². The highest BCUT2D eigenvalue weighted by Gasteiger charge is 2.15. The Balaban J connectivity index is 4.94. The van der Waals surface area contributed by atoms with Gasteiger partial charge in [0.1, 0.15) is 5.84 Å². The van der Waals surface area contributed by atoms with Crippen molar-refractivity contribution in [1.82, 2.24) is 10.2 Å². The van der Waals surface area contributed by atoms with Crippen molar-refractivity contribution < 1.29 is 4.74 Å². The van der Waals surface area contributed by atoms with Gasteiger partial charge in [0.2, 0.25) is 0 Å². The molecule has 0 spiro atoms. The number of likely N-dealkylation sites (N-methyl/N-ethyl adjacent to an activating group) is 1. The molecule has 0 atom stereocenters. The van der Waals surface area contributed by atoms with Gasteiger partial charge >= 0.3 is 0 Å². The van der Waals surface area contributed by atoms with E-state index in [4.69, 9.17) is 10.1 Å². The molecular weight excluding hydrogens is 382 g/mol. The molecule has 0 aromatic heterocycles. The molecule has 2 N–H and O–H groups in total. The summed E-state index contributed by atoms with van der Waals surface area (Å²) in [5.41, 5.74) is 1.49. The van der Waals surface area contributed by atoms with E-state index in [2.05, 4.69) is 54.0 Å². The second-order valence-corrected chi connectivity index (χ2v) is 13.3. The molecule has 0 saturated heterocycles. The molecule has 0 heterocycles. The topological polar surface area (TPSA) is 48.4 Å². The van der Waals surface area contributed by atoms with E-state index in [-0.39, 0.29) is 0 Å². The lowest BCUT2D eigenvalue weighted by atomic mass is 10.1. The molecule has 0 rings (SSSR count). The second kappa shape index (κ2) is 11.4. The minimum Gasteiger partial charge on any atom is -0.381 e. The van der Waals surface area contributed by atoms with E-state index < -0.39 is 8.07 Å². The third-order valence-electron chi connectivity index (χ3n) is 3.24. The number of hydrogen-bond acceptors (Lipinski definition) is 3. The van der Waals surface area contributed by atoms with E-state index >= 15 is 0 Å². The molecular formula is C18H32BrN3OSi. The minimum absolute atomic E-state index is 0.391. The molecule has 4 nitrogen and oxygen atoms in total. The van der Waals surface area contributed by atoms with Crippen molar-refractivity contribution in [2.24, 2.45) is 0 Å². The summed E-state index contributed by atoms with van der Waals surface area (Å²) in [6, 6.07) is 1.18. The maximum atomic E-state index is 8.31. The Morgan fingerprint density at radius 3 is 2.33 bits per heavy atom. The van der Waals surface area contributed by atoms with Crippen molar-refractivity contribution in [1.29, 1.82) is 5.41 Å². The Kier molecular flexibility index (Phi) is 10.9. The summed E-state index contributed by atoms with van der Waals surface area (Å²) in [7, 11) is 2.65. The summed E-state index contributed by atoms with van der Waals surface area (Å²) >= 11 is 3.59. The summed E-state index contributed by atoms with van der Waals surface area (Å²) in [6.45, 7) is 16.0. The monoisotopic (exact) mass is 413 g/mol. The number of rotatable bonds is 11. The predicted molar refractivity (Wildman–Crippen MR) is 113 cm³/mol. The fourth-order valence-corrected chi connectivity index (χ4v) is 3.17. The average molecular weight is 414 g/mol. The van der Waals surface area contributed by atoms with Gasteiger partial charge < -0.3 is 15.0 Å². The number of nitrogens with zero attached hydrogens (tertiary/aromatic N) is 1. The molecule has 0 aromatic carbocycles. The zero-order valence-corrected chi connectivity index (χ0v) is 18.3. The first-order valence-electron chi connectivity index (χ1n) is 8.08. The fourth-order valence-electron chi connectivity index (χ4n) is 1.79. The number of halogens is 1. The maximum Gasteiger partial charge on any atom is 0.130 e. The number of ether oxygens (including phenoxy) is 1. The summed E-state index contributed by atoms with van der Waals surface area (Å²) in [4.78, 5) is 1.75. The highest BCUT2D eigenvalue weighted by Crippen LogP contribution is 2.23. The van der Waals surface area contributed by atoms with Crippen LogP contribution in [0.1, 0.15) is 6.42 Å². The van der Waals surface area contributed by atoms with Gasteiger partial charge in [0.15, 0.2) is 0 Å². The van der Waals surface area contributed by atoms with Crippen molar-refractivity contribution in [3.05, 3.63) is 47.3 Å². The molecule has 0 aliphatic heterocycles. The minimum atomic E-state index is -1.03.